The Morgan fingerprint density at radius 1 is 1.46 bits per heavy atom. The van der Waals surface area contributed by atoms with Crippen molar-refractivity contribution in [1.29, 1.82) is 0 Å². The number of pyridine rings is 1. The highest BCUT2D eigenvalue weighted by molar-refractivity contribution is 14.1. The second-order valence-electron chi connectivity index (χ2n) is 4.82. The molecule has 0 aliphatic rings. The van der Waals surface area contributed by atoms with Crippen molar-refractivity contribution >= 4 is 34.7 Å². The van der Waals surface area contributed by atoms with Gasteiger partial charge < -0.3 is 9.47 Å². The van der Waals surface area contributed by atoms with Gasteiger partial charge >= 0.3 is 0 Å². The standard InChI is InChI=1S/C17H18IN3O3/c1-3-7-24-16-14(18)8-12(9-15(16)23-2)10-20-21-17(22)13-5-4-6-19-11-13/h4-6,8-11H,3,7H2,1-2H3,(H,21,22)/b20-10-. The van der Waals surface area contributed by atoms with Gasteiger partial charge in [0.05, 0.1) is 29.1 Å². The molecule has 7 heteroatoms. The first-order valence-electron chi connectivity index (χ1n) is 7.39. The number of ether oxygens (including phenoxy) is 2. The summed E-state index contributed by atoms with van der Waals surface area (Å²) >= 11 is 2.19. The van der Waals surface area contributed by atoms with E-state index in [9.17, 15) is 4.79 Å². The summed E-state index contributed by atoms with van der Waals surface area (Å²) in [4.78, 5) is 15.8. The molecule has 24 heavy (non-hydrogen) atoms. The van der Waals surface area contributed by atoms with E-state index in [1.165, 1.54) is 6.20 Å². The first-order chi connectivity index (χ1) is 11.7. The van der Waals surface area contributed by atoms with Gasteiger partial charge in [-0.25, -0.2) is 5.43 Å². The number of amides is 1. The largest absolute Gasteiger partial charge is 0.493 e. The zero-order valence-electron chi connectivity index (χ0n) is 13.5. The van der Waals surface area contributed by atoms with E-state index in [0.717, 1.165) is 21.3 Å². The predicted octanol–water partition coefficient (Wildman–Crippen LogP) is 3.25. The van der Waals surface area contributed by atoms with Crippen molar-refractivity contribution < 1.29 is 14.3 Å². The topological polar surface area (TPSA) is 72.8 Å². The average Bonchev–Trinajstić information content (AvgIpc) is 2.61. The van der Waals surface area contributed by atoms with Crippen molar-refractivity contribution in [2.75, 3.05) is 13.7 Å². The van der Waals surface area contributed by atoms with Crippen LogP contribution in [0.1, 0.15) is 29.3 Å². The molecule has 1 amide bonds. The maximum atomic E-state index is 11.9. The maximum absolute atomic E-state index is 11.9. The maximum Gasteiger partial charge on any atom is 0.272 e. The SMILES string of the molecule is CCCOc1c(I)cc(/C=N\NC(=O)c2cccnc2)cc1OC. The number of halogens is 1. The van der Waals surface area contributed by atoms with Crippen LogP contribution in [0.15, 0.2) is 41.8 Å². The van der Waals surface area contributed by atoms with Crippen LogP contribution in [-0.2, 0) is 0 Å². The van der Waals surface area contributed by atoms with Crippen molar-refractivity contribution in [3.8, 4) is 11.5 Å². The van der Waals surface area contributed by atoms with Crippen LogP contribution < -0.4 is 14.9 Å². The summed E-state index contributed by atoms with van der Waals surface area (Å²) in [7, 11) is 1.59. The lowest BCUT2D eigenvalue weighted by Gasteiger charge is -2.12. The summed E-state index contributed by atoms with van der Waals surface area (Å²) in [5, 5.41) is 3.97. The Kier molecular flexibility index (Phi) is 6.98. The third-order valence-electron chi connectivity index (χ3n) is 3.01. The second kappa shape index (κ2) is 9.21. The van der Waals surface area contributed by atoms with E-state index >= 15 is 0 Å². The number of benzene rings is 1. The Balaban J connectivity index is 2.09. The zero-order valence-corrected chi connectivity index (χ0v) is 15.6. The monoisotopic (exact) mass is 439 g/mol. The molecule has 1 aromatic heterocycles. The van der Waals surface area contributed by atoms with Crippen LogP contribution in [0, 0.1) is 3.57 Å². The molecule has 2 aromatic rings. The molecule has 0 spiro atoms. The highest BCUT2D eigenvalue weighted by Gasteiger charge is 2.11. The van der Waals surface area contributed by atoms with Crippen molar-refractivity contribution in [3.63, 3.8) is 0 Å². The fourth-order valence-corrected chi connectivity index (χ4v) is 2.67. The summed E-state index contributed by atoms with van der Waals surface area (Å²) in [6.07, 6.45) is 5.57. The van der Waals surface area contributed by atoms with Crippen LogP contribution in [0.25, 0.3) is 0 Å². The van der Waals surface area contributed by atoms with Gasteiger partial charge in [-0.3, -0.25) is 9.78 Å². The normalized spacial score (nSPS) is 10.6. The second-order valence-corrected chi connectivity index (χ2v) is 5.99. The van der Waals surface area contributed by atoms with Crippen molar-refractivity contribution in [1.82, 2.24) is 10.4 Å². The highest BCUT2D eigenvalue weighted by atomic mass is 127. The lowest BCUT2D eigenvalue weighted by atomic mass is 10.2. The van der Waals surface area contributed by atoms with Gasteiger partial charge in [0.2, 0.25) is 0 Å². The number of nitrogens with zero attached hydrogens (tertiary/aromatic N) is 2. The van der Waals surface area contributed by atoms with E-state index in [4.69, 9.17) is 9.47 Å². The molecule has 0 saturated heterocycles. The van der Waals surface area contributed by atoms with Crippen LogP contribution in [0.4, 0.5) is 0 Å². The Bertz CT molecular complexity index is 721. The minimum Gasteiger partial charge on any atom is -0.493 e. The van der Waals surface area contributed by atoms with Gasteiger partial charge in [-0.1, -0.05) is 6.92 Å². The van der Waals surface area contributed by atoms with Gasteiger partial charge in [0.1, 0.15) is 0 Å². The molecule has 0 atom stereocenters. The number of hydrogen-bond donors (Lipinski definition) is 1. The molecule has 2 rings (SSSR count). The fraction of sp³-hybridized carbons (Fsp3) is 0.235. The number of methoxy groups -OCH3 is 1. The fourth-order valence-electron chi connectivity index (χ4n) is 1.89. The summed E-state index contributed by atoms with van der Waals surface area (Å²) in [6, 6.07) is 7.09. The van der Waals surface area contributed by atoms with E-state index in [1.807, 2.05) is 19.1 Å². The molecule has 0 unspecified atom stereocenters. The number of hydrogen-bond acceptors (Lipinski definition) is 5. The molecular weight excluding hydrogens is 421 g/mol. The summed E-state index contributed by atoms with van der Waals surface area (Å²) in [6.45, 7) is 2.67. The molecular formula is C17H18IN3O3. The molecule has 0 radical (unpaired) electrons. The summed E-state index contributed by atoms with van der Waals surface area (Å²) in [5.74, 6) is 1.04. The number of hydrazone groups is 1. The lowest BCUT2D eigenvalue weighted by molar-refractivity contribution is 0.0955. The number of nitrogens with one attached hydrogen (secondary N) is 1. The van der Waals surface area contributed by atoms with E-state index < -0.39 is 0 Å². The molecule has 1 heterocycles. The summed E-state index contributed by atoms with van der Waals surface area (Å²) < 4.78 is 12.0. The molecule has 0 aliphatic carbocycles. The van der Waals surface area contributed by atoms with Crippen LogP contribution >= 0.6 is 22.6 Å². The zero-order chi connectivity index (χ0) is 17.4. The van der Waals surface area contributed by atoms with Crippen molar-refractivity contribution in [2.24, 2.45) is 5.10 Å². The Morgan fingerprint density at radius 2 is 2.29 bits per heavy atom. The summed E-state index contributed by atoms with van der Waals surface area (Å²) in [5.41, 5.74) is 3.72. The van der Waals surface area contributed by atoms with Crippen LogP contribution in [0.3, 0.4) is 0 Å². The van der Waals surface area contributed by atoms with Crippen molar-refractivity contribution in [3.05, 3.63) is 51.4 Å². The minimum atomic E-state index is -0.316. The molecule has 6 nitrogen and oxygen atoms in total. The molecule has 1 aromatic carbocycles. The van der Waals surface area contributed by atoms with Gasteiger partial charge in [0, 0.05) is 12.4 Å². The third kappa shape index (κ3) is 4.92. The van der Waals surface area contributed by atoms with E-state index in [1.54, 1.807) is 31.7 Å². The van der Waals surface area contributed by atoms with Gasteiger partial charge in [-0.2, -0.15) is 5.10 Å². The van der Waals surface area contributed by atoms with Crippen LogP contribution in [0.2, 0.25) is 0 Å². The smallest absolute Gasteiger partial charge is 0.272 e. The molecule has 0 fully saturated rings. The quantitative estimate of drug-likeness (QED) is 0.409. The molecule has 126 valence electrons. The van der Waals surface area contributed by atoms with Gasteiger partial charge in [0.25, 0.3) is 5.91 Å². The first kappa shape index (κ1) is 18.2. The molecule has 0 saturated carbocycles. The minimum absolute atomic E-state index is 0.316. The molecule has 1 N–H and O–H groups in total. The first-order valence-corrected chi connectivity index (χ1v) is 8.47. The van der Waals surface area contributed by atoms with Crippen molar-refractivity contribution in [2.45, 2.75) is 13.3 Å². The molecule has 0 aliphatic heterocycles. The van der Waals surface area contributed by atoms with Gasteiger partial charge in [0.15, 0.2) is 11.5 Å². The Hall–Kier alpha value is -2.16. The number of carbonyl (C=O) groups is 1. The Labute approximate surface area is 154 Å². The average molecular weight is 439 g/mol. The number of rotatable bonds is 7. The number of carbonyl (C=O) groups excluding carboxylic acids is 1. The van der Waals surface area contributed by atoms with Crippen LogP contribution in [0.5, 0.6) is 11.5 Å². The lowest BCUT2D eigenvalue weighted by Crippen LogP contribution is -2.17. The van der Waals surface area contributed by atoms with E-state index in [-0.39, 0.29) is 5.91 Å². The van der Waals surface area contributed by atoms with Gasteiger partial charge in [-0.05, 0) is 58.8 Å². The van der Waals surface area contributed by atoms with E-state index in [0.29, 0.717) is 17.9 Å². The molecule has 0 bridgehead atoms. The third-order valence-corrected chi connectivity index (χ3v) is 3.81. The van der Waals surface area contributed by atoms with E-state index in [2.05, 4.69) is 38.1 Å². The van der Waals surface area contributed by atoms with Gasteiger partial charge in [-0.15, -0.1) is 0 Å². The van der Waals surface area contributed by atoms with Crippen LogP contribution in [-0.4, -0.2) is 30.8 Å². The predicted molar refractivity (Wildman–Crippen MR) is 101 cm³/mol. The number of aromatic nitrogens is 1. The highest BCUT2D eigenvalue weighted by Crippen LogP contribution is 2.33. The Morgan fingerprint density at radius 3 is 2.96 bits per heavy atom.